The Balaban J connectivity index is 1.92. The van der Waals surface area contributed by atoms with Gasteiger partial charge in [-0.05, 0) is 62.4 Å². The van der Waals surface area contributed by atoms with E-state index in [4.69, 9.17) is 0 Å². The summed E-state index contributed by atoms with van der Waals surface area (Å²) >= 11 is 0. The van der Waals surface area contributed by atoms with Gasteiger partial charge in [0.15, 0.2) is 0 Å². The summed E-state index contributed by atoms with van der Waals surface area (Å²) in [5.74, 6) is 3.01. The van der Waals surface area contributed by atoms with E-state index in [-0.39, 0.29) is 0 Å². The number of hydrogen-bond acceptors (Lipinski definition) is 1. The normalized spacial score (nSPS) is 34.1. The predicted octanol–water partition coefficient (Wildman–Crippen LogP) is 4.23. The molecule has 0 aromatic heterocycles. The van der Waals surface area contributed by atoms with Crippen molar-refractivity contribution in [3.8, 4) is 0 Å². The van der Waals surface area contributed by atoms with E-state index >= 15 is 0 Å². The molecule has 2 atom stereocenters. The molecule has 0 aromatic rings. The fraction of sp³-hybridized carbons (Fsp3) is 1.00. The second-order valence-electron chi connectivity index (χ2n) is 7.37. The monoisotopic (exact) mass is 237 g/mol. The van der Waals surface area contributed by atoms with Gasteiger partial charge >= 0.3 is 0 Å². The Kier molecular flexibility index (Phi) is 4.52. The van der Waals surface area contributed by atoms with Gasteiger partial charge in [0.05, 0.1) is 0 Å². The van der Waals surface area contributed by atoms with Gasteiger partial charge in [0.25, 0.3) is 0 Å². The van der Waals surface area contributed by atoms with Crippen LogP contribution >= 0.6 is 0 Å². The third-order valence-corrected chi connectivity index (χ3v) is 5.25. The maximum Gasteiger partial charge on any atom is -0.00209 e. The molecular weight excluding hydrogens is 206 g/mol. The molecule has 2 rings (SSSR count). The van der Waals surface area contributed by atoms with Gasteiger partial charge in [0.1, 0.15) is 0 Å². The summed E-state index contributed by atoms with van der Waals surface area (Å²) in [6.07, 6.45) is 11.9. The van der Waals surface area contributed by atoms with E-state index in [0.29, 0.717) is 5.41 Å². The Bertz CT molecular complexity index is 228. The smallest absolute Gasteiger partial charge is 0.00209 e. The van der Waals surface area contributed by atoms with Crippen molar-refractivity contribution in [2.24, 2.45) is 23.2 Å². The largest absolute Gasteiger partial charge is 0.319 e. The molecule has 100 valence electrons. The second kappa shape index (κ2) is 5.73. The lowest BCUT2D eigenvalue weighted by Gasteiger charge is -2.42. The van der Waals surface area contributed by atoms with E-state index in [0.717, 1.165) is 17.8 Å². The van der Waals surface area contributed by atoms with E-state index in [1.807, 2.05) is 0 Å². The second-order valence-corrected chi connectivity index (χ2v) is 7.37. The summed E-state index contributed by atoms with van der Waals surface area (Å²) in [5.41, 5.74) is 0.605. The summed E-state index contributed by atoms with van der Waals surface area (Å²) in [7, 11) is 2.12. The van der Waals surface area contributed by atoms with Crippen molar-refractivity contribution in [2.45, 2.75) is 65.2 Å². The molecule has 2 aliphatic carbocycles. The molecule has 2 unspecified atom stereocenters. The molecule has 0 spiro atoms. The highest BCUT2D eigenvalue weighted by atomic mass is 14.8. The van der Waals surface area contributed by atoms with Crippen molar-refractivity contribution in [1.82, 2.24) is 5.32 Å². The number of hydrogen-bond donors (Lipinski definition) is 1. The fourth-order valence-corrected chi connectivity index (χ4v) is 4.27. The van der Waals surface area contributed by atoms with Crippen LogP contribution in [0.2, 0.25) is 0 Å². The first-order valence-corrected chi connectivity index (χ1v) is 7.75. The van der Waals surface area contributed by atoms with Crippen LogP contribution in [-0.2, 0) is 0 Å². The zero-order chi connectivity index (χ0) is 12.3. The topological polar surface area (TPSA) is 12.0 Å². The van der Waals surface area contributed by atoms with E-state index in [2.05, 4.69) is 26.2 Å². The van der Waals surface area contributed by atoms with Crippen molar-refractivity contribution < 1.29 is 0 Å². The van der Waals surface area contributed by atoms with Gasteiger partial charge in [-0.1, -0.05) is 39.5 Å². The number of nitrogens with one attached hydrogen (secondary N) is 1. The Hall–Kier alpha value is -0.0400. The van der Waals surface area contributed by atoms with Gasteiger partial charge in [-0.3, -0.25) is 0 Å². The molecule has 2 aliphatic rings. The Morgan fingerprint density at radius 2 is 1.76 bits per heavy atom. The molecule has 1 heteroatoms. The fourth-order valence-electron chi connectivity index (χ4n) is 4.27. The highest BCUT2D eigenvalue weighted by Crippen LogP contribution is 2.45. The van der Waals surface area contributed by atoms with Crippen LogP contribution in [0.5, 0.6) is 0 Å². The average Bonchev–Trinajstić information content (AvgIpc) is 2.74. The van der Waals surface area contributed by atoms with Gasteiger partial charge in [-0.2, -0.15) is 0 Å². The van der Waals surface area contributed by atoms with Gasteiger partial charge in [-0.25, -0.2) is 0 Å². The Morgan fingerprint density at radius 1 is 1.06 bits per heavy atom. The zero-order valence-electron chi connectivity index (χ0n) is 12.1. The maximum absolute atomic E-state index is 3.42. The first-order valence-electron chi connectivity index (χ1n) is 7.75. The van der Waals surface area contributed by atoms with E-state index in [9.17, 15) is 0 Å². The van der Waals surface area contributed by atoms with Crippen molar-refractivity contribution >= 4 is 0 Å². The summed E-state index contributed by atoms with van der Waals surface area (Å²) in [6, 6.07) is 0. The molecule has 0 bridgehead atoms. The average molecular weight is 237 g/mol. The SMILES string of the molecule is CNCC1CCC(C)(C)CC1CC1CCCC1. The molecule has 1 nitrogen and oxygen atoms in total. The lowest BCUT2D eigenvalue weighted by atomic mass is 9.65. The lowest BCUT2D eigenvalue weighted by Crippen LogP contribution is -2.35. The Labute approximate surface area is 108 Å². The highest BCUT2D eigenvalue weighted by molar-refractivity contribution is 4.87. The van der Waals surface area contributed by atoms with Crippen molar-refractivity contribution in [3.63, 3.8) is 0 Å². The van der Waals surface area contributed by atoms with Crippen LogP contribution in [-0.4, -0.2) is 13.6 Å². The van der Waals surface area contributed by atoms with Crippen LogP contribution in [0.3, 0.4) is 0 Å². The standard InChI is InChI=1S/C16H31N/c1-16(2)9-8-14(12-17-3)15(11-16)10-13-6-4-5-7-13/h13-15,17H,4-12H2,1-3H3. The van der Waals surface area contributed by atoms with E-state index in [1.165, 1.54) is 57.9 Å². The first-order chi connectivity index (χ1) is 8.11. The molecule has 0 amide bonds. The molecule has 1 N–H and O–H groups in total. The van der Waals surface area contributed by atoms with E-state index in [1.54, 1.807) is 0 Å². The van der Waals surface area contributed by atoms with Crippen molar-refractivity contribution in [3.05, 3.63) is 0 Å². The first kappa shape index (κ1) is 13.4. The predicted molar refractivity (Wildman–Crippen MR) is 75.1 cm³/mol. The maximum atomic E-state index is 3.42. The van der Waals surface area contributed by atoms with Gasteiger partial charge < -0.3 is 5.32 Å². The van der Waals surface area contributed by atoms with E-state index < -0.39 is 0 Å². The summed E-state index contributed by atoms with van der Waals surface area (Å²) in [5, 5.41) is 3.42. The summed E-state index contributed by atoms with van der Waals surface area (Å²) < 4.78 is 0. The van der Waals surface area contributed by atoms with Crippen LogP contribution in [0.15, 0.2) is 0 Å². The molecule has 2 fully saturated rings. The molecule has 0 aliphatic heterocycles. The van der Waals surface area contributed by atoms with Crippen LogP contribution in [0.4, 0.5) is 0 Å². The van der Waals surface area contributed by atoms with Gasteiger partial charge in [0.2, 0.25) is 0 Å². The molecule has 0 aromatic carbocycles. The lowest BCUT2D eigenvalue weighted by molar-refractivity contribution is 0.0985. The zero-order valence-corrected chi connectivity index (χ0v) is 12.1. The summed E-state index contributed by atoms with van der Waals surface area (Å²) in [6.45, 7) is 6.20. The molecule has 2 saturated carbocycles. The number of rotatable bonds is 4. The van der Waals surface area contributed by atoms with Crippen molar-refractivity contribution in [1.29, 1.82) is 0 Å². The van der Waals surface area contributed by atoms with Gasteiger partial charge in [0, 0.05) is 0 Å². The minimum atomic E-state index is 0.605. The van der Waals surface area contributed by atoms with Gasteiger partial charge in [-0.15, -0.1) is 0 Å². The third kappa shape index (κ3) is 3.71. The van der Waals surface area contributed by atoms with Crippen LogP contribution < -0.4 is 5.32 Å². The minimum absolute atomic E-state index is 0.605. The highest BCUT2D eigenvalue weighted by Gasteiger charge is 2.35. The van der Waals surface area contributed by atoms with Crippen molar-refractivity contribution in [2.75, 3.05) is 13.6 Å². The molecular formula is C16H31N. The van der Waals surface area contributed by atoms with Crippen LogP contribution in [0.25, 0.3) is 0 Å². The molecule has 0 saturated heterocycles. The molecule has 17 heavy (non-hydrogen) atoms. The molecule has 0 heterocycles. The third-order valence-electron chi connectivity index (χ3n) is 5.25. The Morgan fingerprint density at radius 3 is 2.41 bits per heavy atom. The van der Waals surface area contributed by atoms with Crippen LogP contribution in [0.1, 0.15) is 65.2 Å². The summed E-state index contributed by atoms with van der Waals surface area (Å²) in [4.78, 5) is 0. The quantitative estimate of drug-likeness (QED) is 0.771. The minimum Gasteiger partial charge on any atom is -0.319 e. The molecule has 0 radical (unpaired) electrons. The van der Waals surface area contributed by atoms with Crippen LogP contribution in [0, 0.1) is 23.2 Å².